The number of benzene rings is 11. The number of hydrogen-bond donors (Lipinski definition) is 0. The fourth-order valence-corrected chi connectivity index (χ4v) is 12.3. The second kappa shape index (κ2) is 19.3. The Bertz CT molecular complexity index is 4240. The number of para-hydroxylation sites is 2. The molecule has 0 aromatic heterocycles. The van der Waals surface area contributed by atoms with Crippen LogP contribution in [0.5, 0.6) is 0 Å². The molecule has 0 saturated carbocycles. The summed E-state index contributed by atoms with van der Waals surface area (Å²) in [5.41, 5.74) is 0.456. The van der Waals surface area contributed by atoms with Gasteiger partial charge in [-0.1, -0.05) is 176 Å². The van der Waals surface area contributed by atoms with Gasteiger partial charge in [0.1, 0.15) is 0 Å². The molecule has 0 atom stereocenters. The third kappa shape index (κ3) is 8.77. The van der Waals surface area contributed by atoms with Crippen LogP contribution in [0.25, 0.3) is 55.3 Å². The van der Waals surface area contributed by atoms with Crippen molar-refractivity contribution < 1.29 is 52.7 Å². The number of hydrogen-bond acceptors (Lipinski definition) is 2. The first kappa shape index (κ1) is 52.8. The normalized spacial score (nSPS) is 13.4. The van der Waals surface area contributed by atoms with E-state index in [1.807, 2.05) is 54.6 Å². The number of nitrogens with zero attached hydrogens (tertiary/aromatic N) is 2. The summed E-state index contributed by atoms with van der Waals surface area (Å²) in [7, 11) is 0. The Kier molecular flexibility index (Phi) is 12.3. The van der Waals surface area contributed by atoms with Crippen molar-refractivity contribution in [2.24, 2.45) is 0 Å². The molecule has 2 aliphatic rings. The van der Waals surface area contributed by atoms with Gasteiger partial charge in [0, 0.05) is 33.6 Å². The molecule has 11 aromatic carbocycles. The van der Waals surface area contributed by atoms with E-state index >= 15 is 0 Å². The molecule has 0 saturated heterocycles. The molecule has 2 nitrogen and oxygen atoms in total. The Morgan fingerprint density at radius 2 is 0.639 bits per heavy atom. The van der Waals surface area contributed by atoms with Crippen molar-refractivity contribution >= 4 is 44.9 Å². The van der Waals surface area contributed by atoms with E-state index in [9.17, 15) is 52.7 Å². The molecule has 1 spiro atoms. The van der Waals surface area contributed by atoms with Gasteiger partial charge < -0.3 is 9.80 Å². The highest BCUT2D eigenvalue weighted by molar-refractivity contribution is 6.13. The zero-order valence-corrected chi connectivity index (χ0v) is 43.0. The maximum atomic E-state index is 14.9. The second-order valence-corrected chi connectivity index (χ2v) is 20.4. The lowest BCUT2D eigenvalue weighted by Gasteiger charge is -2.41. The van der Waals surface area contributed by atoms with Gasteiger partial charge in [-0.05, 0) is 128 Å². The van der Waals surface area contributed by atoms with Gasteiger partial charge in [-0.15, -0.1) is 0 Å². The van der Waals surface area contributed by atoms with Gasteiger partial charge >= 0.3 is 24.7 Å². The minimum Gasteiger partial charge on any atom is -0.310 e. The molecule has 0 bridgehead atoms. The first-order valence-electron chi connectivity index (χ1n) is 26.1. The lowest BCUT2D eigenvalue weighted by Crippen LogP contribution is -2.32. The van der Waals surface area contributed by atoms with Gasteiger partial charge in [-0.3, -0.25) is 0 Å². The van der Waals surface area contributed by atoms with E-state index in [2.05, 4.69) is 0 Å². The van der Waals surface area contributed by atoms with Gasteiger partial charge in [0.05, 0.1) is 44.7 Å². The third-order valence-electron chi connectivity index (χ3n) is 15.7. The Morgan fingerprint density at radius 3 is 1.12 bits per heavy atom. The quantitative estimate of drug-likeness (QED) is 0.140. The highest BCUT2D eigenvalue weighted by atomic mass is 19.4. The molecule has 0 amide bonds. The number of fused-ring (bicyclic) bond motifs is 9. The lowest BCUT2D eigenvalue weighted by atomic mass is 9.61. The Balaban J connectivity index is 1.14. The van der Waals surface area contributed by atoms with Crippen molar-refractivity contribution in [1.29, 1.82) is 0 Å². The van der Waals surface area contributed by atoms with Gasteiger partial charge in [-0.2, -0.15) is 52.7 Å². The number of anilines is 6. The minimum atomic E-state index is -5.19. The third-order valence-corrected chi connectivity index (χ3v) is 15.7. The van der Waals surface area contributed by atoms with Crippen LogP contribution in [0, 0.1) is 0 Å². The monoisotopic (exact) mass is 1120 g/mol. The van der Waals surface area contributed by atoms with Crippen molar-refractivity contribution in [1.82, 2.24) is 0 Å². The van der Waals surface area contributed by atoms with E-state index in [4.69, 9.17) is 0 Å². The molecule has 13 rings (SSSR count). The summed E-state index contributed by atoms with van der Waals surface area (Å²) in [6, 6.07) is 63.6. The fourth-order valence-electron chi connectivity index (χ4n) is 12.3. The molecule has 2 aliphatic carbocycles. The zero-order valence-electron chi connectivity index (χ0n) is 43.0. The predicted molar refractivity (Wildman–Crippen MR) is 300 cm³/mol. The highest BCUT2D eigenvalue weighted by Gasteiger charge is 2.51. The summed E-state index contributed by atoms with van der Waals surface area (Å²) in [5, 5.41) is 1.02. The van der Waals surface area contributed by atoms with Gasteiger partial charge in [0.25, 0.3) is 0 Å². The number of halogens is 12. The lowest BCUT2D eigenvalue weighted by molar-refractivity contribution is -0.144. The molecule has 11 aromatic rings. The summed E-state index contributed by atoms with van der Waals surface area (Å²) in [5.74, 6) is 0. The maximum absolute atomic E-state index is 14.9. The van der Waals surface area contributed by atoms with Crippen LogP contribution in [0.1, 0.15) is 44.5 Å². The molecular weight excluding hydrogens is 1080 g/mol. The van der Waals surface area contributed by atoms with Gasteiger partial charge in [0.2, 0.25) is 0 Å². The highest BCUT2D eigenvalue weighted by Crippen LogP contribution is 2.64. The Morgan fingerprint density at radius 1 is 0.253 bits per heavy atom. The van der Waals surface area contributed by atoms with Crippen LogP contribution >= 0.6 is 0 Å². The molecule has 0 aliphatic heterocycles. The van der Waals surface area contributed by atoms with E-state index in [-0.39, 0.29) is 34.9 Å². The van der Waals surface area contributed by atoms with Crippen molar-refractivity contribution in [3.05, 3.63) is 287 Å². The Labute approximate surface area is 467 Å². The summed E-state index contributed by atoms with van der Waals surface area (Å²) < 4.78 is 179. The van der Waals surface area contributed by atoms with Crippen LogP contribution in [0.2, 0.25) is 0 Å². The zero-order chi connectivity index (χ0) is 57.8. The molecule has 410 valence electrons. The summed E-state index contributed by atoms with van der Waals surface area (Å²) in [4.78, 5) is 2.82. The standard InChI is InChI=1S/C69H40F12N2/c70-66(71,72)43-34-44(67(73,74)75)37-48(36-43)82(61-28-13-9-20-50(61)41-16-3-1-4-17-41)47-30-31-54-55-32-33-63(56-24-15-27-59(64(55)56)65(60(54)40-47)57-25-11-7-22-52(57)53-23-8-12-26-58(53)65)83(62-29-14-10-21-51(62)42-18-5-2-6-19-42)49-38-45(68(76,77)78)35-46(39-49)69(79,80)81/h1-40H. The molecule has 14 heteroatoms. The van der Waals surface area contributed by atoms with E-state index < -0.39 is 63.7 Å². The van der Waals surface area contributed by atoms with Crippen LogP contribution in [0.4, 0.5) is 86.8 Å². The molecule has 0 unspecified atom stereocenters. The summed E-state index contributed by atoms with van der Waals surface area (Å²) in [6.45, 7) is 0. The smallest absolute Gasteiger partial charge is 0.310 e. The SMILES string of the molecule is FC(F)(F)c1cc(N(c2ccc3c(c2)C2(c4ccccc4-c4ccccc42)c2cccc4c(N(c5cc(C(F)(F)F)cc(C(F)(F)F)c5)c5ccccc5-c5ccccc5)ccc-3c24)c2ccccc2-c2ccccc2)cc(C(F)(F)F)c1. The molecule has 0 N–H and O–H groups in total. The Hall–Kier alpha value is -9.56. The van der Waals surface area contributed by atoms with Crippen molar-refractivity contribution in [3.8, 4) is 44.5 Å². The van der Waals surface area contributed by atoms with Crippen LogP contribution in [0.15, 0.2) is 243 Å². The number of alkyl halides is 12. The van der Waals surface area contributed by atoms with E-state index in [0.717, 1.165) is 22.3 Å². The van der Waals surface area contributed by atoms with Crippen LogP contribution in [-0.4, -0.2) is 0 Å². The van der Waals surface area contributed by atoms with Crippen LogP contribution < -0.4 is 9.80 Å². The molecule has 0 fully saturated rings. The molecule has 83 heavy (non-hydrogen) atoms. The first-order chi connectivity index (χ1) is 39.7. The fraction of sp³-hybridized carbons (Fsp3) is 0.0725. The molecule has 0 radical (unpaired) electrons. The number of rotatable bonds is 8. The molecule has 0 heterocycles. The van der Waals surface area contributed by atoms with Crippen molar-refractivity contribution in [2.75, 3.05) is 9.80 Å². The average molecular weight is 1130 g/mol. The average Bonchev–Trinajstić information content (AvgIpc) is 1.85. The van der Waals surface area contributed by atoms with E-state index in [0.29, 0.717) is 79.5 Å². The van der Waals surface area contributed by atoms with Crippen molar-refractivity contribution in [2.45, 2.75) is 30.1 Å². The van der Waals surface area contributed by atoms with Crippen molar-refractivity contribution in [3.63, 3.8) is 0 Å². The predicted octanol–water partition coefficient (Wildman–Crippen LogP) is 21.5. The van der Waals surface area contributed by atoms with E-state index in [1.165, 1.54) is 9.80 Å². The van der Waals surface area contributed by atoms with Gasteiger partial charge in [0.15, 0.2) is 0 Å². The van der Waals surface area contributed by atoms with Crippen LogP contribution in [-0.2, 0) is 30.1 Å². The topological polar surface area (TPSA) is 6.48 Å². The van der Waals surface area contributed by atoms with Gasteiger partial charge in [-0.25, -0.2) is 0 Å². The minimum absolute atomic E-state index is 0.0918. The van der Waals surface area contributed by atoms with E-state index in [1.54, 1.807) is 152 Å². The molecular formula is C69H40F12N2. The summed E-state index contributed by atoms with van der Waals surface area (Å²) in [6.07, 6.45) is -20.8. The van der Waals surface area contributed by atoms with Crippen LogP contribution in [0.3, 0.4) is 0 Å². The first-order valence-corrected chi connectivity index (χ1v) is 26.1. The second-order valence-electron chi connectivity index (χ2n) is 20.4. The largest absolute Gasteiger partial charge is 0.416 e. The summed E-state index contributed by atoms with van der Waals surface area (Å²) >= 11 is 0. The maximum Gasteiger partial charge on any atom is 0.416 e.